The van der Waals surface area contributed by atoms with Gasteiger partial charge in [0.25, 0.3) is 0 Å². The molecule has 0 amide bonds. The van der Waals surface area contributed by atoms with Crippen LogP contribution in [-0.4, -0.2) is 17.6 Å². The lowest BCUT2D eigenvalue weighted by molar-refractivity contribution is -0.141. The van der Waals surface area contributed by atoms with Crippen LogP contribution >= 0.6 is 11.3 Å². The first-order chi connectivity index (χ1) is 7.61. The number of hydrogen-bond donors (Lipinski definition) is 1. The summed E-state index contributed by atoms with van der Waals surface area (Å²) in [6.45, 7) is -0.0268. The predicted molar refractivity (Wildman–Crippen MR) is 57.6 cm³/mol. The molecule has 0 saturated heterocycles. The molecule has 0 aliphatic carbocycles. The Hall–Kier alpha value is -1.69. The largest absolute Gasteiger partial charge is 0.468 e. The molecule has 0 spiro atoms. The molecule has 0 saturated carbocycles. The lowest BCUT2D eigenvalue weighted by atomic mass is 10.3. The van der Waals surface area contributed by atoms with E-state index in [-0.39, 0.29) is 17.2 Å². The van der Waals surface area contributed by atoms with E-state index in [4.69, 9.17) is 5.41 Å². The molecule has 16 heavy (non-hydrogen) atoms. The third-order valence-corrected chi connectivity index (χ3v) is 3.14. The highest BCUT2D eigenvalue weighted by atomic mass is 32.1. The molecular formula is C10H9FN2O2S. The number of carbonyl (C=O) groups is 1. The standard InChI is InChI=1S/C10H9FN2O2S/c1-15-9(14)5-13-7-3-2-6(11)4-8(7)16-10(13)12/h2-4,12H,5H2,1H3. The number of halogens is 1. The zero-order chi connectivity index (χ0) is 11.7. The van der Waals surface area contributed by atoms with E-state index >= 15 is 0 Å². The molecule has 0 radical (unpaired) electrons. The van der Waals surface area contributed by atoms with Crippen molar-refractivity contribution >= 4 is 27.5 Å². The van der Waals surface area contributed by atoms with E-state index in [9.17, 15) is 9.18 Å². The van der Waals surface area contributed by atoms with Crippen molar-refractivity contribution in [2.24, 2.45) is 0 Å². The van der Waals surface area contributed by atoms with E-state index < -0.39 is 5.97 Å². The van der Waals surface area contributed by atoms with Crippen LogP contribution < -0.4 is 4.80 Å². The number of fused-ring (bicyclic) bond motifs is 1. The zero-order valence-electron chi connectivity index (χ0n) is 8.49. The van der Waals surface area contributed by atoms with Crippen molar-refractivity contribution in [2.45, 2.75) is 6.54 Å². The number of nitrogens with zero attached hydrogens (tertiary/aromatic N) is 1. The van der Waals surface area contributed by atoms with Gasteiger partial charge in [0.15, 0.2) is 4.80 Å². The topological polar surface area (TPSA) is 55.1 Å². The fourth-order valence-electron chi connectivity index (χ4n) is 1.41. The normalized spacial score (nSPS) is 10.6. The summed E-state index contributed by atoms with van der Waals surface area (Å²) in [4.78, 5) is 11.3. The molecule has 1 aromatic carbocycles. The molecule has 0 bridgehead atoms. The maximum atomic E-state index is 13.0. The molecule has 2 rings (SSSR count). The van der Waals surface area contributed by atoms with E-state index in [1.165, 1.54) is 23.8 Å². The molecule has 0 aliphatic heterocycles. The molecule has 0 fully saturated rings. The molecule has 84 valence electrons. The van der Waals surface area contributed by atoms with E-state index in [2.05, 4.69) is 4.74 Å². The van der Waals surface area contributed by atoms with Crippen molar-refractivity contribution in [1.82, 2.24) is 4.57 Å². The number of aromatic nitrogens is 1. The lowest BCUT2D eigenvalue weighted by Crippen LogP contribution is -2.20. The van der Waals surface area contributed by atoms with Crippen LogP contribution in [0.2, 0.25) is 0 Å². The number of ether oxygens (including phenoxy) is 1. The Morgan fingerprint density at radius 3 is 3.06 bits per heavy atom. The smallest absolute Gasteiger partial charge is 0.325 e. The average Bonchev–Trinajstić information content (AvgIpc) is 2.54. The van der Waals surface area contributed by atoms with Crippen molar-refractivity contribution in [3.8, 4) is 0 Å². The van der Waals surface area contributed by atoms with Gasteiger partial charge in [0.2, 0.25) is 0 Å². The summed E-state index contributed by atoms with van der Waals surface area (Å²) >= 11 is 1.13. The number of carbonyl (C=O) groups excluding carboxylic acids is 1. The molecule has 0 unspecified atom stereocenters. The number of hydrogen-bond acceptors (Lipinski definition) is 4. The fourth-order valence-corrected chi connectivity index (χ4v) is 2.35. The maximum Gasteiger partial charge on any atom is 0.325 e. The van der Waals surface area contributed by atoms with Gasteiger partial charge in [-0.15, -0.1) is 0 Å². The molecule has 6 heteroatoms. The average molecular weight is 240 g/mol. The van der Waals surface area contributed by atoms with Gasteiger partial charge >= 0.3 is 5.97 Å². The molecule has 1 heterocycles. The Morgan fingerprint density at radius 1 is 1.62 bits per heavy atom. The van der Waals surface area contributed by atoms with Gasteiger partial charge < -0.3 is 9.30 Å². The van der Waals surface area contributed by atoms with Gasteiger partial charge in [-0.1, -0.05) is 11.3 Å². The van der Waals surface area contributed by atoms with Gasteiger partial charge in [0.1, 0.15) is 12.4 Å². The first-order valence-corrected chi connectivity index (χ1v) is 5.34. The van der Waals surface area contributed by atoms with Gasteiger partial charge in [0, 0.05) is 0 Å². The summed E-state index contributed by atoms with van der Waals surface area (Å²) < 4.78 is 19.6. The second-order valence-corrected chi connectivity index (χ2v) is 4.21. The zero-order valence-corrected chi connectivity index (χ0v) is 9.31. The number of rotatable bonds is 2. The first kappa shape index (κ1) is 10.8. The van der Waals surface area contributed by atoms with Crippen molar-refractivity contribution in [2.75, 3.05) is 7.11 Å². The van der Waals surface area contributed by atoms with Crippen molar-refractivity contribution in [1.29, 1.82) is 5.41 Å². The number of methoxy groups -OCH3 is 1. The van der Waals surface area contributed by atoms with Crippen molar-refractivity contribution < 1.29 is 13.9 Å². The van der Waals surface area contributed by atoms with Gasteiger partial charge in [-0.3, -0.25) is 10.2 Å². The SMILES string of the molecule is COC(=O)Cn1c(=N)sc2cc(F)ccc21. The predicted octanol–water partition coefficient (Wildman–Crippen LogP) is 1.49. The highest BCUT2D eigenvalue weighted by Crippen LogP contribution is 2.18. The Kier molecular flexibility index (Phi) is 2.74. The Morgan fingerprint density at radius 2 is 2.38 bits per heavy atom. The lowest BCUT2D eigenvalue weighted by Gasteiger charge is -2.02. The maximum absolute atomic E-state index is 13.0. The van der Waals surface area contributed by atoms with Gasteiger partial charge in [-0.05, 0) is 18.2 Å². The van der Waals surface area contributed by atoms with Crippen LogP contribution in [0.4, 0.5) is 4.39 Å². The summed E-state index contributed by atoms with van der Waals surface area (Å²) in [6, 6.07) is 4.22. The second kappa shape index (κ2) is 4.05. The van der Waals surface area contributed by atoms with Crippen LogP contribution in [-0.2, 0) is 16.1 Å². The molecule has 2 aromatic rings. The van der Waals surface area contributed by atoms with Crippen molar-refractivity contribution in [3.05, 3.63) is 28.8 Å². The van der Waals surface area contributed by atoms with E-state index in [0.29, 0.717) is 10.2 Å². The number of thiazole rings is 1. The molecular weight excluding hydrogens is 231 g/mol. The van der Waals surface area contributed by atoms with Crippen LogP contribution in [0.3, 0.4) is 0 Å². The third kappa shape index (κ3) is 1.83. The highest BCUT2D eigenvalue weighted by Gasteiger charge is 2.09. The van der Waals surface area contributed by atoms with Crippen LogP contribution in [0.15, 0.2) is 18.2 Å². The highest BCUT2D eigenvalue weighted by molar-refractivity contribution is 7.16. The Balaban J connectivity index is 2.56. The molecule has 0 aliphatic rings. The molecule has 1 aromatic heterocycles. The van der Waals surface area contributed by atoms with Crippen LogP contribution in [0.1, 0.15) is 0 Å². The van der Waals surface area contributed by atoms with Crippen LogP contribution in [0.25, 0.3) is 10.2 Å². The molecule has 4 nitrogen and oxygen atoms in total. The summed E-state index contributed by atoms with van der Waals surface area (Å²) in [5, 5.41) is 7.69. The summed E-state index contributed by atoms with van der Waals surface area (Å²) in [5.74, 6) is -0.776. The van der Waals surface area contributed by atoms with Gasteiger partial charge in [-0.2, -0.15) is 0 Å². The second-order valence-electron chi connectivity index (χ2n) is 3.18. The van der Waals surface area contributed by atoms with E-state index in [1.807, 2.05) is 0 Å². The number of esters is 1. The first-order valence-electron chi connectivity index (χ1n) is 4.52. The summed E-state index contributed by atoms with van der Waals surface area (Å²) in [7, 11) is 1.29. The Bertz CT molecular complexity index is 602. The van der Waals surface area contributed by atoms with E-state index in [0.717, 1.165) is 11.3 Å². The van der Waals surface area contributed by atoms with Crippen LogP contribution in [0.5, 0.6) is 0 Å². The third-order valence-electron chi connectivity index (χ3n) is 2.18. The minimum absolute atomic E-state index is 0.0268. The van der Waals surface area contributed by atoms with Crippen molar-refractivity contribution in [3.63, 3.8) is 0 Å². The van der Waals surface area contributed by atoms with Crippen LogP contribution in [0, 0.1) is 11.2 Å². The minimum atomic E-state index is -0.428. The van der Waals surface area contributed by atoms with Gasteiger partial charge in [0.05, 0.1) is 17.3 Å². The Labute approximate surface area is 94.4 Å². The molecule has 1 N–H and O–H groups in total. The minimum Gasteiger partial charge on any atom is -0.468 e. The van der Waals surface area contributed by atoms with E-state index in [1.54, 1.807) is 6.07 Å². The van der Waals surface area contributed by atoms with Gasteiger partial charge in [-0.25, -0.2) is 4.39 Å². The summed E-state index contributed by atoms with van der Waals surface area (Å²) in [5.41, 5.74) is 0.668. The molecule has 0 atom stereocenters. The number of nitrogens with one attached hydrogen (secondary N) is 1. The quantitative estimate of drug-likeness (QED) is 0.809. The summed E-state index contributed by atoms with van der Waals surface area (Å²) in [6.07, 6.45) is 0. The fraction of sp³-hybridized carbons (Fsp3) is 0.200. The number of benzene rings is 1. The monoisotopic (exact) mass is 240 g/mol.